The van der Waals surface area contributed by atoms with Crippen molar-refractivity contribution >= 4 is 35.3 Å². The lowest BCUT2D eigenvalue weighted by Gasteiger charge is -2.19. The molecule has 1 aliphatic rings. The maximum atomic E-state index is 13.1. The average Bonchev–Trinajstić information content (AvgIpc) is 3.10. The number of pyridine rings is 1. The molecule has 0 spiro atoms. The van der Waals surface area contributed by atoms with E-state index in [4.69, 9.17) is 0 Å². The van der Waals surface area contributed by atoms with Crippen molar-refractivity contribution in [1.29, 1.82) is 0 Å². The molecule has 0 atom stereocenters. The molecule has 0 fully saturated rings. The van der Waals surface area contributed by atoms with Crippen molar-refractivity contribution < 1.29 is 14.4 Å². The van der Waals surface area contributed by atoms with Gasteiger partial charge in [-0.3, -0.25) is 24.8 Å². The number of nitrogens with one attached hydrogen (secondary N) is 2. The number of nitrogens with zero attached hydrogens (tertiary/aromatic N) is 3. The van der Waals surface area contributed by atoms with Gasteiger partial charge in [-0.15, -0.1) is 0 Å². The highest BCUT2D eigenvalue weighted by Crippen LogP contribution is 2.21. The van der Waals surface area contributed by atoms with Gasteiger partial charge < -0.3 is 5.32 Å². The molecule has 3 aromatic rings. The topological polar surface area (TPSA) is 104 Å². The maximum Gasteiger partial charge on any atom is 0.297 e. The summed E-state index contributed by atoms with van der Waals surface area (Å²) in [6, 6.07) is 20.8. The zero-order chi connectivity index (χ0) is 22.5. The number of anilines is 1. The number of amides is 3. The van der Waals surface area contributed by atoms with E-state index >= 15 is 0 Å². The minimum atomic E-state index is -0.490. The first-order valence-electron chi connectivity index (χ1n) is 9.81. The smallest absolute Gasteiger partial charge is 0.297 e. The summed E-state index contributed by atoms with van der Waals surface area (Å²) in [7, 11) is 0. The fraction of sp³-hybridized carbons (Fsp3) is 0.0417. The number of carbonyl (C=O) groups excluding carboxylic acids is 3. The molecule has 0 aliphatic carbocycles. The molecule has 0 bridgehead atoms. The zero-order valence-corrected chi connectivity index (χ0v) is 17.1. The highest BCUT2D eigenvalue weighted by molar-refractivity contribution is 6.20. The van der Waals surface area contributed by atoms with Gasteiger partial charge in [-0.05, 0) is 42.5 Å². The van der Waals surface area contributed by atoms with Gasteiger partial charge in [0.25, 0.3) is 11.8 Å². The number of carbonyl (C=O) groups is 3. The number of hydrogen-bond donors (Lipinski definition) is 2. The van der Waals surface area contributed by atoms with Crippen LogP contribution in [0.4, 0.5) is 5.69 Å². The van der Waals surface area contributed by atoms with E-state index in [-0.39, 0.29) is 11.6 Å². The van der Waals surface area contributed by atoms with Crippen molar-refractivity contribution in [2.75, 3.05) is 5.32 Å². The molecule has 0 saturated carbocycles. The number of amidine groups is 1. The molecule has 2 aromatic carbocycles. The Morgan fingerprint density at radius 2 is 1.66 bits per heavy atom. The number of benzene rings is 2. The molecule has 3 amide bonds. The molecule has 0 unspecified atom stereocenters. The van der Waals surface area contributed by atoms with Gasteiger partial charge >= 0.3 is 0 Å². The van der Waals surface area contributed by atoms with Gasteiger partial charge in [-0.1, -0.05) is 36.4 Å². The van der Waals surface area contributed by atoms with Crippen LogP contribution in [0.2, 0.25) is 0 Å². The third-order valence-corrected chi connectivity index (χ3v) is 4.55. The average molecular weight is 425 g/mol. The van der Waals surface area contributed by atoms with E-state index in [1.807, 2.05) is 24.3 Å². The van der Waals surface area contributed by atoms with Crippen LogP contribution in [0.25, 0.3) is 6.08 Å². The highest BCUT2D eigenvalue weighted by Gasteiger charge is 2.33. The third kappa shape index (κ3) is 4.59. The second-order valence-electron chi connectivity index (χ2n) is 6.93. The Bertz CT molecular complexity index is 1220. The molecule has 32 heavy (non-hydrogen) atoms. The first-order valence-corrected chi connectivity index (χ1v) is 9.81. The number of hydrazine groups is 1. The first-order chi connectivity index (χ1) is 15.5. The minimum Gasteiger partial charge on any atom is -0.326 e. The van der Waals surface area contributed by atoms with Crippen LogP contribution in [0.3, 0.4) is 0 Å². The van der Waals surface area contributed by atoms with Crippen LogP contribution in [0.5, 0.6) is 0 Å². The monoisotopic (exact) mass is 425 g/mol. The van der Waals surface area contributed by atoms with Crippen LogP contribution in [-0.2, 0) is 9.59 Å². The molecule has 8 heteroatoms. The predicted octanol–water partition coefficient (Wildman–Crippen LogP) is 3.01. The van der Waals surface area contributed by atoms with Gasteiger partial charge in [-0.2, -0.15) is 5.01 Å². The van der Waals surface area contributed by atoms with Gasteiger partial charge in [0, 0.05) is 29.9 Å². The number of hydrogen-bond acceptors (Lipinski definition) is 5. The zero-order valence-electron chi connectivity index (χ0n) is 17.1. The summed E-state index contributed by atoms with van der Waals surface area (Å²) in [5, 5.41) is 3.77. The maximum absolute atomic E-state index is 13.1. The second kappa shape index (κ2) is 9.05. The van der Waals surface area contributed by atoms with Crippen LogP contribution in [0, 0.1) is 0 Å². The Morgan fingerprint density at radius 1 is 0.938 bits per heavy atom. The summed E-state index contributed by atoms with van der Waals surface area (Å²) in [6.45, 7) is 1.40. The lowest BCUT2D eigenvalue weighted by molar-refractivity contribution is -0.124. The highest BCUT2D eigenvalue weighted by atomic mass is 16.2. The van der Waals surface area contributed by atoms with E-state index in [2.05, 4.69) is 20.7 Å². The number of aliphatic imine (C=N–C) groups is 1. The minimum absolute atomic E-state index is 0.156. The van der Waals surface area contributed by atoms with Crippen molar-refractivity contribution in [3.05, 3.63) is 102 Å². The number of aromatic nitrogens is 1. The molecular weight excluding hydrogens is 406 g/mol. The summed E-state index contributed by atoms with van der Waals surface area (Å²) < 4.78 is 0. The quantitative estimate of drug-likeness (QED) is 0.613. The SMILES string of the molecule is CC(=O)Nc1ccc(C(=O)NN2C(=O)/C(=C/c3ccccn3)N=C2c2ccccc2)cc1. The molecule has 0 saturated heterocycles. The van der Waals surface area contributed by atoms with Crippen LogP contribution in [-0.4, -0.2) is 33.6 Å². The normalized spacial score (nSPS) is 14.3. The lowest BCUT2D eigenvalue weighted by Crippen LogP contribution is -2.47. The van der Waals surface area contributed by atoms with Gasteiger partial charge in [0.05, 0.1) is 5.69 Å². The molecule has 8 nitrogen and oxygen atoms in total. The van der Waals surface area contributed by atoms with Crippen LogP contribution in [0.15, 0.2) is 89.7 Å². The summed E-state index contributed by atoms with van der Waals surface area (Å²) in [4.78, 5) is 45.8. The predicted molar refractivity (Wildman–Crippen MR) is 120 cm³/mol. The van der Waals surface area contributed by atoms with E-state index in [9.17, 15) is 14.4 Å². The van der Waals surface area contributed by atoms with Crippen molar-refractivity contribution in [3.8, 4) is 0 Å². The molecular formula is C24H19N5O3. The largest absolute Gasteiger partial charge is 0.326 e. The number of rotatable bonds is 5. The van der Waals surface area contributed by atoms with Gasteiger partial charge in [-0.25, -0.2) is 4.99 Å². The van der Waals surface area contributed by atoms with Crippen molar-refractivity contribution in [3.63, 3.8) is 0 Å². The van der Waals surface area contributed by atoms with Gasteiger partial charge in [0.15, 0.2) is 5.84 Å². The lowest BCUT2D eigenvalue weighted by atomic mass is 10.2. The molecule has 4 rings (SSSR count). The fourth-order valence-electron chi connectivity index (χ4n) is 3.08. The van der Waals surface area contributed by atoms with E-state index in [0.29, 0.717) is 28.3 Å². The Hall–Kier alpha value is -4.59. The molecule has 0 radical (unpaired) electrons. The summed E-state index contributed by atoms with van der Waals surface area (Å²) in [6.07, 6.45) is 3.19. The Morgan fingerprint density at radius 3 is 2.31 bits per heavy atom. The molecule has 1 aliphatic heterocycles. The Labute approximate surface area is 184 Å². The molecule has 2 N–H and O–H groups in total. The molecule has 158 valence electrons. The Balaban J connectivity index is 1.62. The standard InChI is InChI=1S/C24H19N5O3/c1-16(30)26-19-12-10-18(11-13-19)23(31)28-29-22(17-7-3-2-4-8-17)27-21(24(29)32)15-20-9-5-6-14-25-20/h2-15H,1H3,(H,26,30)(H,28,31)/b21-15-. The van der Waals surface area contributed by atoms with Crippen molar-refractivity contribution in [2.24, 2.45) is 4.99 Å². The third-order valence-electron chi connectivity index (χ3n) is 4.55. The summed E-state index contributed by atoms with van der Waals surface area (Å²) >= 11 is 0. The fourth-order valence-corrected chi connectivity index (χ4v) is 3.08. The molecule has 2 heterocycles. The molecule has 1 aromatic heterocycles. The van der Waals surface area contributed by atoms with Crippen molar-refractivity contribution in [2.45, 2.75) is 6.92 Å². The Kier molecular flexibility index (Phi) is 5.85. The van der Waals surface area contributed by atoms with E-state index in [0.717, 1.165) is 5.01 Å². The van der Waals surface area contributed by atoms with E-state index < -0.39 is 11.8 Å². The summed E-state index contributed by atoms with van der Waals surface area (Å²) in [5.74, 6) is -0.866. The van der Waals surface area contributed by atoms with Gasteiger partial charge in [0.1, 0.15) is 5.70 Å². The van der Waals surface area contributed by atoms with Crippen LogP contribution < -0.4 is 10.7 Å². The van der Waals surface area contributed by atoms with Crippen LogP contribution in [0.1, 0.15) is 28.5 Å². The summed E-state index contributed by atoms with van der Waals surface area (Å²) in [5.41, 5.74) is 4.93. The first kappa shape index (κ1) is 20.7. The van der Waals surface area contributed by atoms with E-state index in [1.165, 1.54) is 6.92 Å². The van der Waals surface area contributed by atoms with E-state index in [1.54, 1.807) is 60.8 Å². The van der Waals surface area contributed by atoms with Crippen molar-refractivity contribution in [1.82, 2.24) is 15.4 Å². The van der Waals surface area contributed by atoms with Gasteiger partial charge in [0.2, 0.25) is 5.91 Å². The second-order valence-corrected chi connectivity index (χ2v) is 6.93. The van der Waals surface area contributed by atoms with Crippen LogP contribution >= 0.6 is 0 Å².